The summed E-state index contributed by atoms with van der Waals surface area (Å²) in [6, 6.07) is 0. The molecule has 0 aromatic rings. The molecule has 6 heteroatoms. The first kappa shape index (κ1) is 14.7. The van der Waals surface area contributed by atoms with Crippen molar-refractivity contribution in [1.29, 1.82) is 0 Å². The number of aliphatic hydroxyl groups is 2. The molecule has 0 spiro atoms. The Morgan fingerprint density at radius 3 is 2.82 bits per heavy atom. The van der Waals surface area contributed by atoms with Gasteiger partial charge in [0.1, 0.15) is 0 Å². The Labute approximate surface area is 106 Å². The number of carbonyl (C=O) groups excluding carboxylic acids is 1. The van der Waals surface area contributed by atoms with Gasteiger partial charge in [0.15, 0.2) is 0 Å². The molecular formula is C11H20ClNO4. The van der Waals surface area contributed by atoms with Crippen LogP contribution in [0.25, 0.3) is 0 Å². The number of hydrogen-bond donors (Lipinski definition) is 3. The standard InChI is InChI=1S/C11H20ClNO4/c12-8-1-2-9(10(15)7-8)11(16)13-3-5-17-6-4-14/h8-10,14-15H,1-7H2,(H,13,16). The Hall–Kier alpha value is -0.360. The van der Waals surface area contributed by atoms with Crippen molar-refractivity contribution in [2.24, 2.45) is 5.92 Å². The lowest BCUT2D eigenvalue weighted by Gasteiger charge is -2.29. The zero-order valence-corrected chi connectivity index (χ0v) is 10.5. The van der Waals surface area contributed by atoms with Gasteiger partial charge in [-0.05, 0) is 19.3 Å². The molecule has 3 N–H and O–H groups in total. The summed E-state index contributed by atoms with van der Waals surface area (Å²) in [5.74, 6) is -0.503. The maximum absolute atomic E-state index is 11.7. The maximum atomic E-state index is 11.7. The predicted molar refractivity (Wildman–Crippen MR) is 63.9 cm³/mol. The fraction of sp³-hybridized carbons (Fsp3) is 0.909. The van der Waals surface area contributed by atoms with Crippen molar-refractivity contribution in [2.75, 3.05) is 26.4 Å². The Balaban J connectivity index is 2.18. The van der Waals surface area contributed by atoms with E-state index in [4.69, 9.17) is 21.4 Å². The Kier molecular flexibility index (Phi) is 6.80. The quantitative estimate of drug-likeness (QED) is 0.462. The van der Waals surface area contributed by atoms with Gasteiger partial charge >= 0.3 is 0 Å². The van der Waals surface area contributed by atoms with E-state index < -0.39 is 6.10 Å². The average molecular weight is 266 g/mol. The summed E-state index contributed by atoms with van der Waals surface area (Å²) in [7, 11) is 0. The molecular weight excluding hydrogens is 246 g/mol. The van der Waals surface area contributed by atoms with Crippen LogP contribution < -0.4 is 5.32 Å². The zero-order chi connectivity index (χ0) is 12.7. The van der Waals surface area contributed by atoms with Crippen LogP contribution in [0.5, 0.6) is 0 Å². The SMILES string of the molecule is O=C(NCCOCCO)C1CCC(Cl)CC1O. The van der Waals surface area contributed by atoms with Crippen molar-refractivity contribution in [1.82, 2.24) is 5.32 Å². The molecule has 0 aliphatic heterocycles. The molecule has 1 fully saturated rings. The lowest BCUT2D eigenvalue weighted by molar-refractivity contribution is -0.130. The average Bonchev–Trinajstić information content (AvgIpc) is 2.28. The first-order valence-electron chi connectivity index (χ1n) is 5.93. The van der Waals surface area contributed by atoms with Crippen molar-refractivity contribution in [3.8, 4) is 0 Å². The Morgan fingerprint density at radius 2 is 2.18 bits per heavy atom. The minimum atomic E-state index is -0.649. The van der Waals surface area contributed by atoms with Crippen LogP contribution in [0.4, 0.5) is 0 Å². The van der Waals surface area contributed by atoms with Crippen LogP contribution in [0.15, 0.2) is 0 Å². The molecule has 1 amide bonds. The highest BCUT2D eigenvalue weighted by Crippen LogP contribution is 2.28. The molecule has 0 bridgehead atoms. The van der Waals surface area contributed by atoms with Gasteiger partial charge in [-0.3, -0.25) is 4.79 Å². The van der Waals surface area contributed by atoms with Gasteiger partial charge in [-0.15, -0.1) is 11.6 Å². The summed E-state index contributed by atoms with van der Waals surface area (Å²) in [5.41, 5.74) is 0. The number of rotatable bonds is 6. The van der Waals surface area contributed by atoms with E-state index in [1.807, 2.05) is 0 Å². The fourth-order valence-corrected chi connectivity index (χ4v) is 2.26. The van der Waals surface area contributed by atoms with Gasteiger partial charge in [0, 0.05) is 11.9 Å². The molecule has 1 aliphatic rings. The lowest BCUT2D eigenvalue weighted by atomic mass is 9.85. The summed E-state index contributed by atoms with van der Waals surface area (Å²) < 4.78 is 5.02. The van der Waals surface area contributed by atoms with Crippen molar-refractivity contribution in [2.45, 2.75) is 30.7 Å². The molecule has 1 saturated carbocycles. The highest BCUT2D eigenvalue weighted by molar-refractivity contribution is 6.20. The molecule has 3 unspecified atom stereocenters. The number of aliphatic hydroxyl groups excluding tert-OH is 2. The summed E-state index contributed by atoms with van der Waals surface area (Å²) in [6.45, 7) is 1.02. The smallest absolute Gasteiger partial charge is 0.225 e. The first-order valence-corrected chi connectivity index (χ1v) is 6.37. The molecule has 0 radical (unpaired) electrons. The second kappa shape index (κ2) is 7.87. The highest BCUT2D eigenvalue weighted by Gasteiger charge is 2.32. The fourth-order valence-electron chi connectivity index (χ4n) is 1.95. The van der Waals surface area contributed by atoms with Gasteiger partial charge < -0.3 is 20.3 Å². The van der Waals surface area contributed by atoms with E-state index in [-0.39, 0.29) is 30.4 Å². The molecule has 100 valence electrons. The number of amides is 1. The van der Waals surface area contributed by atoms with Crippen molar-refractivity contribution < 1.29 is 19.7 Å². The van der Waals surface area contributed by atoms with Crippen molar-refractivity contribution >= 4 is 17.5 Å². The Bertz CT molecular complexity index is 240. The van der Waals surface area contributed by atoms with Crippen LogP contribution in [0, 0.1) is 5.92 Å². The third-order valence-electron chi connectivity index (χ3n) is 2.87. The van der Waals surface area contributed by atoms with Crippen LogP contribution in [-0.4, -0.2) is 54.0 Å². The molecule has 0 heterocycles. The number of hydrogen-bond acceptors (Lipinski definition) is 4. The van der Waals surface area contributed by atoms with Crippen LogP contribution in [-0.2, 0) is 9.53 Å². The van der Waals surface area contributed by atoms with Gasteiger partial charge in [0.05, 0.1) is 31.8 Å². The van der Waals surface area contributed by atoms with Crippen molar-refractivity contribution in [3.05, 3.63) is 0 Å². The van der Waals surface area contributed by atoms with Gasteiger partial charge in [0.25, 0.3) is 0 Å². The van der Waals surface area contributed by atoms with Crippen LogP contribution >= 0.6 is 11.6 Å². The number of halogens is 1. The minimum absolute atomic E-state index is 0.0214. The van der Waals surface area contributed by atoms with E-state index >= 15 is 0 Å². The molecule has 3 atom stereocenters. The van der Waals surface area contributed by atoms with E-state index in [0.717, 1.165) is 6.42 Å². The number of alkyl halides is 1. The largest absolute Gasteiger partial charge is 0.394 e. The predicted octanol–water partition coefficient (Wildman–Crippen LogP) is -0.120. The zero-order valence-electron chi connectivity index (χ0n) is 9.77. The van der Waals surface area contributed by atoms with E-state index in [2.05, 4.69) is 5.32 Å². The monoisotopic (exact) mass is 265 g/mol. The molecule has 1 rings (SSSR count). The van der Waals surface area contributed by atoms with Crippen LogP contribution in [0.2, 0.25) is 0 Å². The van der Waals surface area contributed by atoms with E-state index in [1.54, 1.807) is 0 Å². The highest BCUT2D eigenvalue weighted by atomic mass is 35.5. The summed E-state index contributed by atoms with van der Waals surface area (Å²) >= 11 is 5.91. The van der Waals surface area contributed by atoms with E-state index in [0.29, 0.717) is 26.0 Å². The second-order valence-electron chi connectivity index (χ2n) is 4.21. The maximum Gasteiger partial charge on any atom is 0.225 e. The summed E-state index contributed by atoms with van der Waals surface area (Å²) in [6.07, 6.45) is 1.21. The molecule has 0 aromatic heterocycles. The molecule has 1 aliphatic carbocycles. The number of carbonyl (C=O) groups is 1. The van der Waals surface area contributed by atoms with Crippen LogP contribution in [0.3, 0.4) is 0 Å². The third kappa shape index (κ3) is 5.21. The number of ether oxygens (including phenoxy) is 1. The number of nitrogens with one attached hydrogen (secondary N) is 1. The van der Waals surface area contributed by atoms with Gasteiger partial charge in [-0.1, -0.05) is 0 Å². The summed E-state index contributed by atoms with van der Waals surface area (Å²) in [4.78, 5) is 11.7. The molecule has 17 heavy (non-hydrogen) atoms. The topological polar surface area (TPSA) is 78.8 Å². The third-order valence-corrected chi connectivity index (χ3v) is 3.27. The molecule has 0 saturated heterocycles. The van der Waals surface area contributed by atoms with Crippen LogP contribution in [0.1, 0.15) is 19.3 Å². The Morgan fingerprint density at radius 1 is 1.41 bits per heavy atom. The minimum Gasteiger partial charge on any atom is -0.394 e. The van der Waals surface area contributed by atoms with Gasteiger partial charge in [-0.25, -0.2) is 0 Å². The molecule has 5 nitrogen and oxygen atoms in total. The first-order chi connectivity index (χ1) is 8.15. The summed E-state index contributed by atoms with van der Waals surface area (Å²) in [5, 5.41) is 20.9. The van der Waals surface area contributed by atoms with E-state index in [9.17, 15) is 9.90 Å². The van der Waals surface area contributed by atoms with E-state index in [1.165, 1.54) is 0 Å². The normalized spacial score (nSPS) is 29.0. The lowest BCUT2D eigenvalue weighted by Crippen LogP contribution is -2.42. The second-order valence-corrected chi connectivity index (χ2v) is 4.83. The van der Waals surface area contributed by atoms with Gasteiger partial charge in [-0.2, -0.15) is 0 Å². The van der Waals surface area contributed by atoms with Crippen molar-refractivity contribution in [3.63, 3.8) is 0 Å². The van der Waals surface area contributed by atoms with Gasteiger partial charge in [0.2, 0.25) is 5.91 Å². The molecule has 0 aromatic carbocycles.